The molecular weight excluding hydrogens is 377 g/mol. The van der Waals surface area contributed by atoms with Crippen molar-refractivity contribution in [3.05, 3.63) is 82.2 Å². The molecule has 142 valence electrons. The molecule has 3 rings (SSSR count). The van der Waals surface area contributed by atoms with Gasteiger partial charge < -0.3 is 5.32 Å². The van der Waals surface area contributed by atoms with E-state index >= 15 is 0 Å². The molecule has 0 unspecified atom stereocenters. The summed E-state index contributed by atoms with van der Waals surface area (Å²) in [7, 11) is 0. The fourth-order valence-corrected chi connectivity index (χ4v) is 2.33. The highest BCUT2D eigenvalue weighted by Crippen LogP contribution is 2.30. The first-order valence-electron chi connectivity index (χ1n) is 7.79. The summed E-state index contributed by atoms with van der Waals surface area (Å²) in [6.07, 6.45) is -2.15. The lowest BCUT2D eigenvalue weighted by Crippen LogP contribution is -2.14. The molecule has 7 nitrogen and oxygen atoms in total. The number of carbonyl (C=O) groups excluding carboxylic acids is 1. The predicted molar refractivity (Wildman–Crippen MR) is 93.5 cm³/mol. The van der Waals surface area contributed by atoms with Crippen LogP contribution in [-0.2, 0) is 6.18 Å². The van der Waals surface area contributed by atoms with Crippen LogP contribution in [-0.4, -0.2) is 20.8 Å². The number of nitro benzene ring substituents is 1. The molecular formula is C18H11F3N4O3. The van der Waals surface area contributed by atoms with Gasteiger partial charge in [-0.15, -0.1) is 0 Å². The van der Waals surface area contributed by atoms with Gasteiger partial charge in [0, 0.05) is 35.8 Å². The van der Waals surface area contributed by atoms with Gasteiger partial charge in [-0.1, -0.05) is 18.2 Å². The standard InChI is InChI=1S/C18H11F3N4O3/c19-18(20,21)13-4-2-5-14(8-13)24-17(26)12-9-22-16(23-10-12)11-3-1-6-15(7-11)25(27)28/h1-10H,(H,24,26). The third kappa shape index (κ3) is 4.29. The molecule has 0 saturated heterocycles. The van der Waals surface area contributed by atoms with E-state index in [-0.39, 0.29) is 22.8 Å². The molecule has 0 fully saturated rings. The summed E-state index contributed by atoms with van der Waals surface area (Å²) >= 11 is 0. The number of rotatable bonds is 4. The van der Waals surface area contributed by atoms with Gasteiger partial charge in [0.05, 0.1) is 16.1 Å². The van der Waals surface area contributed by atoms with E-state index in [1.165, 1.54) is 42.7 Å². The van der Waals surface area contributed by atoms with E-state index in [9.17, 15) is 28.1 Å². The lowest BCUT2D eigenvalue weighted by atomic mass is 10.2. The number of nitrogens with zero attached hydrogens (tertiary/aromatic N) is 3. The average Bonchev–Trinajstić information content (AvgIpc) is 2.68. The summed E-state index contributed by atoms with van der Waals surface area (Å²) in [5, 5.41) is 13.2. The third-order valence-corrected chi connectivity index (χ3v) is 3.68. The van der Waals surface area contributed by atoms with Crippen molar-refractivity contribution in [1.29, 1.82) is 0 Å². The maximum absolute atomic E-state index is 12.7. The Hall–Kier alpha value is -3.82. The first-order chi connectivity index (χ1) is 13.2. The topological polar surface area (TPSA) is 98.0 Å². The highest BCUT2D eigenvalue weighted by Gasteiger charge is 2.30. The monoisotopic (exact) mass is 388 g/mol. The smallest absolute Gasteiger partial charge is 0.322 e. The number of hydrogen-bond donors (Lipinski definition) is 1. The van der Waals surface area contributed by atoms with E-state index in [0.29, 0.717) is 5.56 Å². The normalized spacial score (nSPS) is 11.1. The Morgan fingerprint density at radius 3 is 2.36 bits per heavy atom. The molecule has 0 atom stereocenters. The molecule has 0 aliphatic heterocycles. The molecule has 0 aliphatic carbocycles. The molecule has 0 bridgehead atoms. The van der Waals surface area contributed by atoms with Crippen LogP contribution in [0.4, 0.5) is 24.5 Å². The summed E-state index contributed by atoms with van der Waals surface area (Å²) in [5.74, 6) is -0.524. The number of aromatic nitrogens is 2. The Morgan fingerprint density at radius 1 is 1.04 bits per heavy atom. The third-order valence-electron chi connectivity index (χ3n) is 3.68. The van der Waals surface area contributed by atoms with Crippen molar-refractivity contribution in [2.24, 2.45) is 0 Å². The van der Waals surface area contributed by atoms with E-state index in [1.54, 1.807) is 6.07 Å². The Labute approximate surface area is 156 Å². The summed E-state index contributed by atoms with van der Waals surface area (Å²) in [6.45, 7) is 0. The van der Waals surface area contributed by atoms with Crippen molar-refractivity contribution in [1.82, 2.24) is 9.97 Å². The van der Waals surface area contributed by atoms with Crippen LogP contribution in [0.15, 0.2) is 60.9 Å². The molecule has 1 aromatic heterocycles. The number of carbonyl (C=O) groups is 1. The van der Waals surface area contributed by atoms with Gasteiger partial charge in [-0.05, 0) is 18.2 Å². The van der Waals surface area contributed by atoms with Crippen LogP contribution < -0.4 is 5.32 Å². The van der Waals surface area contributed by atoms with Gasteiger partial charge >= 0.3 is 6.18 Å². The van der Waals surface area contributed by atoms with Crippen molar-refractivity contribution in [2.45, 2.75) is 6.18 Å². The first kappa shape index (κ1) is 19.0. The molecule has 0 spiro atoms. The number of non-ortho nitro benzene ring substituents is 1. The Bertz CT molecular complexity index is 1040. The van der Waals surface area contributed by atoms with Crippen LogP contribution in [0.5, 0.6) is 0 Å². The maximum Gasteiger partial charge on any atom is 0.416 e. The fourth-order valence-electron chi connectivity index (χ4n) is 2.33. The van der Waals surface area contributed by atoms with E-state index in [1.807, 2.05) is 0 Å². The van der Waals surface area contributed by atoms with E-state index in [0.717, 1.165) is 12.1 Å². The summed E-state index contributed by atoms with van der Waals surface area (Å²) < 4.78 is 38.2. The minimum atomic E-state index is -4.52. The second-order valence-electron chi connectivity index (χ2n) is 5.64. The number of nitro groups is 1. The number of nitrogens with one attached hydrogen (secondary N) is 1. The Balaban J connectivity index is 1.77. The quantitative estimate of drug-likeness (QED) is 0.530. The molecule has 10 heteroatoms. The molecule has 0 radical (unpaired) electrons. The van der Waals surface area contributed by atoms with Crippen molar-refractivity contribution in [3.8, 4) is 11.4 Å². The van der Waals surface area contributed by atoms with E-state index < -0.39 is 22.6 Å². The van der Waals surface area contributed by atoms with Crippen LogP contribution in [0.25, 0.3) is 11.4 Å². The molecule has 2 aromatic carbocycles. The second-order valence-corrected chi connectivity index (χ2v) is 5.64. The van der Waals surface area contributed by atoms with Crippen molar-refractivity contribution >= 4 is 17.3 Å². The SMILES string of the molecule is O=C(Nc1cccc(C(F)(F)F)c1)c1cnc(-c2cccc([N+](=O)[O-])c2)nc1. The van der Waals surface area contributed by atoms with E-state index in [4.69, 9.17) is 0 Å². The zero-order valence-corrected chi connectivity index (χ0v) is 14.0. The number of benzene rings is 2. The number of halogens is 3. The largest absolute Gasteiger partial charge is 0.416 e. The molecule has 1 amide bonds. The first-order valence-corrected chi connectivity index (χ1v) is 7.79. The summed E-state index contributed by atoms with van der Waals surface area (Å²) in [5.41, 5.74) is -0.636. The molecule has 3 aromatic rings. The highest BCUT2D eigenvalue weighted by molar-refractivity contribution is 6.03. The van der Waals surface area contributed by atoms with Gasteiger partial charge in [-0.2, -0.15) is 13.2 Å². The highest BCUT2D eigenvalue weighted by atomic mass is 19.4. The molecule has 0 saturated carbocycles. The van der Waals surface area contributed by atoms with Gasteiger partial charge in [0.15, 0.2) is 5.82 Å². The number of hydrogen-bond acceptors (Lipinski definition) is 5. The molecule has 1 heterocycles. The maximum atomic E-state index is 12.7. The second kappa shape index (κ2) is 7.43. The van der Waals surface area contributed by atoms with Gasteiger partial charge in [0.1, 0.15) is 0 Å². The van der Waals surface area contributed by atoms with Gasteiger partial charge in [-0.25, -0.2) is 9.97 Å². The fraction of sp³-hybridized carbons (Fsp3) is 0.0556. The summed E-state index contributed by atoms with van der Waals surface area (Å²) in [4.78, 5) is 30.5. The van der Waals surface area contributed by atoms with Crippen molar-refractivity contribution in [2.75, 3.05) is 5.32 Å². The van der Waals surface area contributed by atoms with E-state index in [2.05, 4.69) is 15.3 Å². The van der Waals surface area contributed by atoms with Gasteiger partial charge in [-0.3, -0.25) is 14.9 Å². The van der Waals surface area contributed by atoms with Crippen molar-refractivity contribution in [3.63, 3.8) is 0 Å². The Morgan fingerprint density at radius 2 is 1.71 bits per heavy atom. The summed E-state index contributed by atoms with van der Waals surface area (Å²) in [6, 6.07) is 9.88. The molecule has 0 aliphatic rings. The molecule has 1 N–H and O–H groups in total. The minimum Gasteiger partial charge on any atom is -0.322 e. The lowest BCUT2D eigenvalue weighted by molar-refractivity contribution is -0.384. The van der Waals surface area contributed by atoms with Crippen LogP contribution in [0.3, 0.4) is 0 Å². The van der Waals surface area contributed by atoms with Crippen LogP contribution in [0, 0.1) is 10.1 Å². The van der Waals surface area contributed by atoms with Crippen molar-refractivity contribution < 1.29 is 22.9 Å². The van der Waals surface area contributed by atoms with Crippen LogP contribution >= 0.6 is 0 Å². The average molecular weight is 388 g/mol. The number of alkyl halides is 3. The Kier molecular flexibility index (Phi) is 5.03. The zero-order valence-electron chi connectivity index (χ0n) is 14.0. The molecule has 28 heavy (non-hydrogen) atoms. The van der Waals surface area contributed by atoms with Crippen LogP contribution in [0.1, 0.15) is 15.9 Å². The van der Waals surface area contributed by atoms with Gasteiger partial charge in [0.2, 0.25) is 0 Å². The van der Waals surface area contributed by atoms with Crippen LogP contribution in [0.2, 0.25) is 0 Å². The van der Waals surface area contributed by atoms with Gasteiger partial charge in [0.25, 0.3) is 11.6 Å². The lowest BCUT2D eigenvalue weighted by Gasteiger charge is -2.10. The zero-order chi connectivity index (χ0) is 20.3. The number of amides is 1. The number of anilines is 1. The predicted octanol–water partition coefficient (Wildman–Crippen LogP) is 4.32. The minimum absolute atomic E-state index is 0.0200.